The highest BCUT2D eigenvalue weighted by atomic mass is 35.5. The number of aryl methyl sites for hydroxylation is 1. The summed E-state index contributed by atoms with van der Waals surface area (Å²) >= 11 is 6.09. The number of ether oxygens (including phenoxy) is 1. The highest BCUT2D eigenvalue weighted by Crippen LogP contribution is 2.37. The lowest BCUT2D eigenvalue weighted by molar-refractivity contribution is -0.275. The van der Waals surface area contributed by atoms with Gasteiger partial charge in [0, 0.05) is 74.8 Å². The van der Waals surface area contributed by atoms with Crippen molar-refractivity contribution < 1.29 is 83.8 Å². The van der Waals surface area contributed by atoms with E-state index in [4.69, 9.17) is 11.6 Å². The minimum atomic E-state index is -5.21. The molecule has 2 aliphatic heterocycles. The third kappa shape index (κ3) is 20.2. The Morgan fingerprint density at radius 2 is 1.27 bits per heavy atom. The standard InChI is InChI=1S/C66H94ClF6N11O12/c1-15-40(6)55-61(93)79(10)36-53(87)77(8)37-54(88)82(13)49(34-43-21-16-17-23-50(43)96-66(71,72)73)60(92)78(9)35-51(85)74-46(27-25-42-24-26-44(45(67)33-42)65(68,69)70)59(91)84-30-20-22-47(84)58(90)76-64(28-18-19-29-64)63(95)83(14)56(39(4)5)62(94)80(11)41(7)32-52(86)81(12)48(31-38(2)3)57(89)75-55/h16-17,21,23-24,26,33,38-41,46-49,55-56H,15,18-20,22,25,27-32,34-37H2,1-14H3,(H,74,85)(H,75,89)(H,76,90)/t40-,41+,46-,47?,48-,49-,55-,56-/m0/s1. The molecular weight excluding hydrogens is 1290 g/mol. The summed E-state index contributed by atoms with van der Waals surface area (Å²) in [5, 5.41) is 7.75. The van der Waals surface area contributed by atoms with Gasteiger partial charge in [-0.3, -0.25) is 52.7 Å². The van der Waals surface area contributed by atoms with E-state index >= 15 is 9.59 Å². The molecule has 1 unspecified atom stereocenters. The first-order valence-corrected chi connectivity index (χ1v) is 32.7. The maximum atomic E-state index is 15.1. The quantitative estimate of drug-likeness (QED) is 0.230. The maximum Gasteiger partial charge on any atom is 0.573 e. The average molecular weight is 1380 g/mol. The number of hydrogen-bond donors (Lipinski definition) is 3. The Balaban J connectivity index is 1.60. The van der Waals surface area contributed by atoms with E-state index in [0.29, 0.717) is 19.3 Å². The van der Waals surface area contributed by atoms with Gasteiger partial charge in [-0.15, -0.1) is 13.2 Å². The normalized spacial score (nSPS) is 24.5. The lowest BCUT2D eigenvalue weighted by Crippen LogP contribution is -2.64. The first kappa shape index (κ1) is 79.0. The van der Waals surface area contributed by atoms with Crippen molar-refractivity contribution in [2.45, 2.75) is 186 Å². The number of fused-ring (bicyclic) bond motifs is 1. The molecule has 30 heteroatoms. The molecule has 534 valence electrons. The van der Waals surface area contributed by atoms with Gasteiger partial charge in [0.15, 0.2) is 0 Å². The number of benzene rings is 2. The summed E-state index contributed by atoms with van der Waals surface area (Å²) < 4.78 is 87.1. The Labute approximate surface area is 562 Å². The molecule has 1 saturated carbocycles. The fourth-order valence-electron chi connectivity index (χ4n) is 12.5. The summed E-state index contributed by atoms with van der Waals surface area (Å²) in [6.07, 6.45) is -9.31. The predicted octanol–water partition coefficient (Wildman–Crippen LogP) is 5.68. The Hall–Kier alpha value is -7.72. The summed E-state index contributed by atoms with van der Waals surface area (Å²) in [5.41, 5.74) is -2.70. The van der Waals surface area contributed by atoms with E-state index in [-0.39, 0.29) is 75.0 Å². The lowest BCUT2D eigenvalue weighted by Gasteiger charge is -2.41. The average Bonchev–Trinajstić information content (AvgIpc) is 1.54. The molecule has 96 heavy (non-hydrogen) atoms. The van der Waals surface area contributed by atoms with Crippen molar-refractivity contribution in [1.29, 1.82) is 0 Å². The van der Waals surface area contributed by atoms with Gasteiger partial charge in [0.2, 0.25) is 65.0 Å². The van der Waals surface area contributed by atoms with E-state index in [1.165, 1.54) is 73.0 Å². The van der Waals surface area contributed by atoms with Gasteiger partial charge in [-0.1, -0.05) is 96.7 Å². The number of para-hydroxylation sites is 1. The van der Waals surface area contributed by atoms with E-state index in [2.05, 4.69) is 20.7 Å². The van der Waals surface area contributed by atoms with E-state index in [0.717, 1.165) is 58.0 Å². The fourth-order valence-corrected chi connectivity index (χ4v) is 12.8. The molecule has 0 radical (unpaired) electrons. The first-order valence-electron chi connectivity index (χ1n) is 32.4. The van der Waals surface area contributed by atoms with Crippen molar-refractivity contribution in [3.8, 4) is 5.75 Å². The van der Waals surface area contributed by atoms with Gasteiger partial charge in [-0.05, 0) is 98.9 Å². The van der Waals surface area contributed by atoms with Crippen LogP contribution < -0.4 is 20.7 Å². The summed E-state index contributed by atoms with van der Waals surface area (Å²) in [6.45, 7) is 9.95. The number of carbonyl (C=O) groups is 11. The Kier molecular flexibility index (Phi) is 27.6. The van der Waals surface area contributed by atoms with Gasteiger partial charge in [0.05, 0.1) is 30.2 Å². The number of nitrogens with one attached hydrogen (secondary N) is 3. The lowest BCUT2D eigenvalue weighted by atomic mass is 9.91. The molecule has 11 amide bonds. The molecule has 3 fully saturated rings. The van der Waals surface area contributed by atoms with Crippen LogP contribution >= 0.6 is 11.6 Å². The van der Waals surface area contributed by atoms with Gasteiger partial charge in [0.25, 0.3) is 0 Å². The number of carbonyl (C=O) groups excluding carboxylic acids is 11. The van der Waals surface area contributed by atoms with Crippen molar-refractivity contribution >= 4 is 76.6 Å². The third-order valence-corrected chi connectivity index (χ3v) is 18.9. The molecule has 1 aliphatic carbocycles. The molecule has 3 aliphatic rings. The van der Waals surface area contributed by atoms with Crippen molar-refractivity contribution in [2.75, 3.05) is 75.5 Å². The topological polar surface area (TPSA) is 259 Å². The summed E-state index contributed by atoms with van der Waals surface area (Å²) in [4.78, 5) is 169. The largest absolute Gasteiger partial charge is 0.573 e. The zero-order valence-electron chi connectivity index (χ0n) is 57.3. The molecule has 8 atom stereocenters. The molecule has 2 aromatic rings. The van der Waals surface area contributed by atoms with Crippen LogP contribution in [0.25, 0.3) is 0 Å². The van der Waals surface area contributed by atoms with Crippen LogP contribution in [0.15, 0.2) is 42.5 Å². The summed E-state index contributed by atoms with van der Waals surface area (Å²) in [5.74, 6) is -10.3. The van der Waals surface area contributed by atoms with Crippen LogP contribution in [0, 0.1) is 17.8 Å². The third-order valence-electron chi connectivity index (χ3n) is 18.6. The van der Waals surface area contributed by atoms with E-state index in [9.17, 15) is 69.5 Å². The summed E-state index contributed by atoms with van der Waals surface area (Å²) in [6, 6.07) is -1.12. The zero-order chi connectivity index (χ0) is 72.2. The van der Waals surface area contributed by atoms with Crippen LogP contribution in [0.4, 0.5) is 26.3 Å². The monoisotopic (exact) mass is 1380 g/mol. The highest BCUT2D eigenvalue weighted by molar-refractivity contribution is 6.31. The van der Waals surface area contributed by atoms with Crippen molar-refractivity contribution in [2.24, 2.45) is 17.8 Å². The number of halogens is 7. The molecule has 3 N–H and O–H groups in total. The molecule has 0 bridgehead atoms. The Morgan fingerprint density at radius 1 is 0.667 bits per heavy atom. The van der Waals surface area contributed by atoms with Gasteiger partial charge in [0.1, 0.15) is 47.5 Å². The smallest absolute Gasteiger partial charge is 0.406 e. The summed E-state index contributed by atoms with van der Waals surface area (Å²) in [7, 11) is 9.18. The van der Waals surface area contributed by atoms with E-state index in [1.54, 1.807) is 34.6 Å². The molecule has 1 spiro atoms. The molecule has 2 aromatic carbocycles. The fraction of sp³-hybridized carbons (Fsp3) is 0.652. The minimum Gasteiger partial charge on any atom is -0.406 e. The number of nitrogens with zero attached hydrogens (tertiary/aromatic N) is 8. The molecule has 2 saturated heterocycles. The van der Waals surface area contributed by atoms with Gasteiger partial charge in [-0.2, -0.15) is 13.2 Å². The van der Waals surface area contributed by atoms with Crippen LogP contribution in [0.5, 0.6) is 5.75 Å². The number of hydrogen-bond acceptors (Lipinski definition) is 12. The highest BCUT2D eigenvalue weighted by Gasteiger charge is 2.50. The number of alkyl halides is 6. The van der Waals surface area contributed by atoms with Crippen LogP contribution in [0.1, 0.15) is 129 Å². The van der Waals surface area contributed by atoms with Gasteiger partial charge in [-0.25, -0.2) is 0 Å². The number of likely N-dealkylation sites (N-methyl/N-ethyl adjacent to an activating group) is 7. The number of amides is 11. The second-order valence-electron chi connectivity index (χ2n) is 26.6. The van der Waals surface area contributed by atoms with Crippen LogP contribution in [-0.2, 0) is 71.8 Å². The van der Waals surface area contributed by atoms with Gasteiger partial charge >= 0.3 is 12.5 Å². The molecule has 2 heterocycles. The second-order valence-corrected chi connectivity index (χ2v) is 27.0. The van der Waals surface area contributed by atoms with Crippen molar-refractivity contribution in [3.63, 3.8) is 0 Å². The van der Waals surface area contributed by atoms with Crippen LogP contribution in [-0.4, -0.2) is 234 Å². The maximum absolute atomic E-state index is 15.1. The SMILES string of the molecule is CC[C@H](C)[C@@H]1NC(=O)[C@H](CC(C)C)N(C)C(=O)C[C@@H](C)N(C)C(=O)[C@H](C(C)C)N(C)C(=O)C2(CCCC2)NC(=O)C2CCCN2C(=O)[C@H](CCc2ccc(C(F)(F)F)c(Cl)c2)NC(=O)CN(C)C(=O)[C@H](Cc2ccccc2OC(F)(F)F)N(C)C(=O)CN(C)C(=O)CN(C)C1=O. The van der Waals surface area contributed by atoms with Crippen LogP contribution in [0.2, 0.25) is 5.02 Å². The second kappa shape index (κ2) is 33.5. The van der Waals surface area contributed by atoms with E-state index < -0.39 is 180 Å². The Morgan fingerprint density at radius 3 is 1.85 bits per heavy atom. The molecule has 23 nitrogen and oxygen atoms in total. The van der Waals surface area contributed by atoms with Crippen molar-refractivity contribution in [1.82, 2.24) is 55.1 Å². The molecule has 5 rings (SSSR count). The first-order chi connectivity index (χ1) is 44.6. The molecular formula is C66H94ClF6N11O12. The number of rotatable bonds is 11. The van der Waals surface area contributed by atoms with Gasteiger partial charge < -0.3 is 59.9 Å². The molecule has 0 aromatic heterocycles. The van der Waals surface area contributed by atoms with E-state index in [1.807, 2.05) is 13.8 Å². The minimum absolute atomic E-state index is 0.0389. The zero-order valence-corrected chi connectivity index (χ0v) is 58.0. The van der Waals surface area contributed by atoms with Crippen molar-refractivity contribution in [3.05, 3.63) is 64.2 Å². The van der Waals surface area contributed by atoms with Crippen LogP contribution in [0.3, 0.4) is 0 Å². The Bertz CT molecular complexity index is 3170. The predicted molar refractivity (Wildman–Crippen MR) is 343 cm³/mol.